The van der Waals surface area contributed by atoms with Crippen LogP contribution in [0.3, 0.4) is 0 Å². The van der Waals surface area contributed by atoms with E-state index in [1.54, 1.807) is 25.3 Å². The van der Waals surface area contributed by atoms with Crippen molar-refractivity contribution in [2.45, 2.75) is 24.5 Å². The Hall–Kier alpha value is -1.79. The maximum Gasteiger partial charge on any atom is 0.240 e. The van der Waals surface area contributed by atoms with Crippen molar-refractivity contribution < 1.29 is 19.4 Å². The van der Waals surface area contributed by atoms with Crippen molar-refractivity contribution in [1.29, 1.82) is 0 Å². The summed E-state index contributed by atoms with van der Waals surface area (Å²) in [6, 6.07) is 5.14. The number of aliphatic hydroxyl groups excluding tert-OH is 1. The Balaban J connectivity index is 2.04. The minimum atomic E-state index is -0.883. The molecule has 6 nitrogen and oxygen atoms in total. The van der Waals surface area contributed by atoms with E-state index in [1.807, 2.05) is 0 Å². The number of rotatable bonds is 6. The van der Waals surface area contributed by atoms with Crippen molar-refractivity contribution >= 4 is 5.91 Å². The molecule has 0 bridgehead atoms. The van der Waals surface area contributed by atoms with Crippen LogP contribution in [0.2, 0.25) is 0 Å². The van der Waals surface area contributed by atoms with Crippen LogP contribution in [0.5, 0.6) is 11.5 Å². The number of amides is 1. The molecule has 0 heterocycles. The van der Waals surface area contributed by atoms with Crippen LogP contribution < -0.4 is 20.5 Å². The summed E-state index contributed by atoms with van der Waals surface area (Å²) >= 11 is 0. The van der Waals surface area contributed by atoms with Gasteiger partial charge in [-0.05, 0) is 31.0 Å². The fourth-order valence-corrected chi connectivity index (χ4v) is 1.94. The maximum atomic E-state index is 11.7. The molecule has 0 saturated heterocycles. The molecule has 110 valence electrons. The molecular formula is C14H20N2O4. The van der Waals surface area contributed by atoms with Crippen molar-refractivity contribution in [2.24, 2.45) is 5.73 Å². The standard InChI is InChI=1S/C14H20N2O4/c1-19-9-3-4-12(20-2)10(7-9)11(17)8-16-13(18)14(15)5-6-14/h3-4,7,11,17H,5-6,8,15H2,1-2H3,(H,16,18). The van der Waals surface area contributed by atoms with Crippen LogP contribution in [0, 0.1) is 0 Å². The minimum Gasteiger partial charge on any atom is -0.497 e. The molecule has 0 radical (unpaired) electrons. The highest BCUT2D eigenvalue weighted by Gasteiger charge is 2.45. The van der Waals surface area contributed by atoms with E-state index in [4.69, 9.17) is 15.2 Å². The second kappa shape index (κ2) is 5.68. The van der Waals surface area contributed by atoms with Gasteiger partial charge in [-0.25, -0.2) is 0 Å². The lowest BCUT2D eigenvalue weighted by atomic mass is 10.1. The largest absolute Gasteiger partial charge is 0.497 e. The highest BCUT2D eigenvalue weighted by molar-refractivity contribution is 5.88. The monoisotopic (exact) mass is 280 g/mol. The van der Waals surface area contributed by atoms with Gasteiger partial charge in [0.2, 0.25) is 5.91 Å². The number of carbonyl (C=O) groups is 1. The molecule has 1 aromatic rings. The number of aliphatic hydroxyl groups is 1. The van der Waals surface area contributed by atoms with E-state index < -0.39 is 11.6 Å². The third-order valence-electron chi connectivity index (χ3n) is 3.49. The summed E-state index contributed by atoms with van der Waals surface area (Å²) in [7, 11) is 3.07. The summed E-state index contributed by atoms with van der Waals surface area (Å²) in [5.41, 5.74) is 5.60. The Labute approximate surface area is 117 Å². The van der Waals surface area contributed by atoms with Gasteiger partial charge in [-0.1, -0.05) is 0 Å². The van der Waals surface area contributed by atoms with Gasteiger partial charge < -0.3 is 25.6 Å². The van der Waals surface area contributed by atoms with Gasteiger partial charge in [0, 0.05) is 12.1 Å². The molecule has 1 fully saturated rings. The summed E-state index contributed by atoms with van der Waals surface area (Å²) in [6.45, 7) is 0.0846. The number of nitrogens with one attached hydrogen (secondary N) is 1. The molecule has 6 heteroatoms. The van der Waals surface area contributed by atoms with E-state index in [9.17, 15) is 9.90 Å². The number of ether oxygens (including phenoxy) is 2. The Morgan fingerprint density at radius 3 is 2.70 bits per heavy atom. The first-order chi connectivity index (χ1) is 9.50. The van der Waals surface area contributed by atoms with Crippen LogP contribution in [-0.4, -0.2) is 37.3 Å². The number of methoxy groups -OCH3 is 2. The Morgan fingerprint density at radius 2 is 2.15 bits per heavy atom. The minimum absolute atomic E-state index is 0.0846. The molecule has 1 aromatic carbocycles. The first-order valence-corrected chi connectivity index (χ1v) is 6.47. The van der Waals surface area contributed by atoms with E-state index in [0.29, 0.717) is 29.9 Å². The summed E-state index contributed by atoms with van der Waals surface area (Å²) in [4.78, 5) is 11.7. The molecule has 20 heavy (non-hydrogen) atoms. The lowest BCUT2D eigenvalue weighted by Gasteiger charge is -2.17. The molecule has 1 unspecified atom stereocenters. The van der Waals surface area contributed by atoms with E-state index in [0.717, 1.165) is 0 Å². The van der Waals surface area contributed by atoms with Crippen molar-refractivity contribution in [1.82, 2.24) is 5.32 Å². The van der Waals surface area contributed by atoms with Gasteiger partial charge in [0.25, 0.3) is 0 Å². The lowest BCUT2D eigenvalue weighted by molar-refractivity contribution is -0.123. The van der Waals surface area contributed by atoms with Crippen molar-refractivity contribution in [3.05, 3.63) is 23.8 Å². The molecule has 1 aliphatic carbocycles. The van der Waals surface area contributed by atoms with E-state index in [2.05, 4.69) is 5.32 Å². The Bertz CT molecular complexity index is 500. The number of hydrogen-bond donors (Lipinski definition) is 3. The average molecular weight is 280 g/mol. The molecule has 1 saturated carbocycles. The number of carbonyl (C=O) groups excluding carboxylic acids is 1. The number of hydrogen-bond acceptors (Lipinski definition) is 5. The summed E-state index contributed by atoms with van der Waals surface area (Å²) in [5.74, 6) is 0.934. The second-order valence-corrected chi connectivity index (χ2v) is 4.99. The van der Waals surface area contributed by atoms with Gasteiger partial charge in [-0.15, -0.1) is 0 Å². The fourth-order valence-electron chi connectivity index (χ4n) is 1.94. The van der Waals surface area contributed by atoms with Crippen LogP contribution in [0.4, 0.5) is 0 Å². The zero-order valence-electron chi connectivity index (χ0n) is 11.7. The molecule has 1 atom stereocenters. The maximum absolute atomic E-state index is 11.7. The third kappa shape index (κ3) is 3.02. The normalized spacial score (nSPS) is 17.2. The summed E-state index contributed by atoms with van der Waals surface area (Å²) < 4.78 is 10.3. The number of benzene rings is 1. The third-order valence-corrected chi connectivity index (χ3v) is 3.49. The molecule has 1 amide bonds. The quantitative estimate of drug-likeness (QED) is 0.699. The second-order valence-electron chi connectivity index (χ2n) is 4.99. The van der Waals surface area contributed by atoms with Gasteiger partial charge in [0.1, 0.15) is 11.5 Å². The zero-order valence-corrected chi connectivity index (χ0v) is 11.7. The average Bonchev–Trinajstić information content (AvgIpc) is 3.22. The summed E-state index contributed by atoms with van der Waals surface area (Å²) in [5, 5.41) is 12.9. The zero-order chi connectivity index (χ0) is 14.8. The number of nitrogens with two attached hydrogens (primary N) is 1. The molecule has 0 spiro atoms. The van der Waals surface area contributed by atoms with Gasteiger partial charge in [-0.3, -0.25) is 4.79 Å². The highest BCUT2D eigenvalue weighted by Crippen LogP contribution is 2.33. The van der Waals surface area contributed by atoms with E-state index in [-0.39, 0.29) is 12.5 Å². The molecular weight excluding hydrogens is 260 g/mol. The van der Waals surface area contributed by atoms with Crippen molar-refractivity contribution in [3.63, 3.8) is 0 Å². The van der Waals surface area contributed by atoms with E-state index in [1.165, 1.54) is 7.11 Å². The molecule has 1 aliphatic rings. The smallest absolute Gasteiger partial charge is 0.240 e. The van der Waals surface area contributed by atoms with Crippen LogP contribution in [-0.2, 0) is 4.79 Å². The van der Waals surface area contributed by atoms with Crippen LogP contribution in [0.25, 0.3) is 0 Å². The lowest BCUT2D eigenvalue weighted by Crippen LogP contribution is -2.44. The fraction of sp³-hybridized carbons (Fsp3) is 0.500. The van der Waals surface area contributed by atoms with Crippen LogP contribution in [0.1, 0.15) is 24.5 Å². The SMILES string of the molecule is COc1ccc(OC)c(C(O)CNC(=O)C2(N)CC2)c1. The molecule has 4 N–H and O–H groups in total. The van der Waals surface area contributed by atoms with E-state index >= 15 is 0 Å². The molecule has 0 aliphatic heterocycles. The Kier molecular flexibility index (Phi) is 4.15. The first kappa shape index (κ1) is 14.6. The first-order valence-electron chi connectivity index (χ1n) is 6.47. The predicted molar refractivity (Wildman–Crippen MR) is 73.7 cm³/mol. The van der Waals surface area contributed by atoms with Crippen molar-refractivity contribution in [2.75, 3.05) is 20.8 Å². The summed E-state index contributed by atoms with van der Waals surface area (Å²) in [6.07, 6.45) is 0.501. The molecule has 2 rings (SSSR count). The predicted octanol–water partition coefficient (Wildman–Crippen LogP) is 0.345. The van der Waals surface area contributed by atoms with Crippen LogP contribution >= 0.6 is 0 Å². The highest BCUT2D eigenvalue weighted by atomic mass is 16.5. The van der Waals surface area contributed by atoms with Gasteiger partial charge in [0.05, 0.1) is 25.9 Å². The van der Waals surface area contributed by atoms with Gasteiger partial charge in [0.15, 0.2) is 0 Å². The Morgan fingerprint density at radius 1 is 1.45 bits per heavy atom. The topological polar surface area (TPSA) is 93.8 Å². The van der Waals surface area contributed by atoms with Crippen LogP contribution in [0.15, 0.2) is 18.2 Å². The molecule has 0 aromatic heterocycles. The van der Waals surface area contributed by atoms with Gasteiger partial charge in [-0.2, -0.15) is 0 Å². The van der Waals surface area contributed by atoms with Gasteiger partial charge >= 0.3 is 0 Å². The van der Waals surface area contributed by atoms with Crippen molar-refractivity contribution in [3.8, 4) is 11.5 Å².